The summed E-state index contributed by atoms with van der Waals surface area (Å²) in [7, 11) is 1.56. The zero-order valence-corrected chi connectivity index (χ0v) is 9.08. The van der Waals surface area contributed by atoms with Gasteiger partial charge >= 0.3 is 6.03 Å². The molecule has 0 radical (unpaired) electrons. The van der Waals surface area contributed by atoms with Crippen LogP contribution in [-0.4, -0.2) is 24.8 Å². The number of rotatable bonds is 2. The average molecular weight is 218 g/mol. The van der Waals surface area contributed by atoms with Crippen molar-refractivity contribution in [3.63, 3.8) is 0 Å². The Morgan fingerprint density at radius 1 is 1.38 bits per heavy atom. The van der Waals surface area contributed by atoms with E-state index in [0.29, 0.717) is 12.1 Å². The van der Waals surface area contributed by atoms with E-state index < -0.39 is 0 Å². The minimum atomic E-state index is -0.251. The molecule has 3 N–H and O–H groups in total. The van der Waals surface area contributed by atoms with Gasteiger partial charge in [0.25, 0.3) is 0 Å². The molecule has 16 heavy (non-hydrogen) atoms. The second-order valence-corrected chi connectivity index (χ2v) is 3.06. The van der Waals surface area contributed by atoms with Crippen molar-refractivity contribution in [2.75, 3.05) is 19.0 Å². The molecule has 2 amide bonds. The van der Waals surface area contributed by atoms with Gasteiger partial charge in [-0.15, -0.1) is 0 Å². The highest BCUT2D eigenvalue weighted by atomic mass is 16.2. The van der Waals surface area contributed by atoms with Gasteiger partial charge in [0.1, 0.15) is 0 Å². The van der Waals surface area contributed by atoms with Crippen molar-refractivity contribution in [3.8, 4) is 11.8 Å². The fourth-order valence-electron chi connectivity index (χ4n) is 1.05. The number of carbonyl (C=O) groups is 1. The molecule has 0 aromatic heterocycles. The Morgan fingerprint density at radius 2 is 2.06 bits per heavy atom. The van der Waals surface area contributed by atoms with Crippen LogP contribution >= 0.6 is 0 Å². The Hall–Kier alpha value is -1.99. The lowest BCUT2D eigenvalue weighted by atomic mass is 10.2. The van der Waals surface area contributed by atoms with Crippen molar-refractivity contribution >= 4 is 11.7 Å². The summed E-state index contributed by atoms with van der Waals surface area (Å²) in [6.45, 7) is 0.0727. The zero-order chi connectivity index (χ0) is 11.8. The molecule has 0 aliphatic carbocycles. The molecule has 0 bridgehead atoms. The smallest absolute Gasteiger partial charge is 0.318 e. The van der Waals surface area contributed by atoms with E-state index in [2.05, 4.69) is 22.5 Å². The van der Waals surface area contributed by atoms with E-state index in [1.165, 1.54) is 0 Å². The lowest BCUT2D eigenvalue weighted by Gasteiger charge is -2.03. The number of urea groups is 1. The van der Waals surface area contributed by atoms with Gasteiger partial charge in [-0.1, -0.05) is 11.8 Å². The van der Waals surface area contributed by atoms with E-state index in [1.54, 1.807) is 19.2 Å². The van der Waals surface area contributed by atoms with E-state index >= 15 is 0 Å². The maximum Gasteiger partial charge on any atom is 0.318 e. The van der Waals surface area contributed by atoms with Crippen LogP contribution in [0.3, 0.4) is 0 Å². The van der Waals surface area contributed by atoms with Crippen molar-refractivity contribution in [2.24, 2.45) is 0 Å². The first kappa shape index (κ1) is 12.1. The third-order valence-corrected chi connectivity index (χ3v) is 1.84. The van der Waals surface area contributed by atoms with Crippen LogP contribution in [0, 0.1) is 11.8 Å². The topological polar surface area (TPSA) is 61.4 Å². The number of aliphatic hydroxyl groups is 1. The van der Waals surface area contributed by atoms with Gasteiger partial charge in [0.15, 0.2) is 0 Å². The minimum Gasteiger partial charge on any atom is -0.395 e. The summed E-state index contributed by atoms with van der Waals surface area (Å²) in [6.07, 6.45) is 0.470. The van der Waals surface area contributed by atoms with Crippen molar-refractivity contribution in [1.29, 1.82) is 0 Å². The summed E-state index contributed by atoms with van der Waals surface area (Å²) in [4.78, 5) is 11.0. The van der Waals surface area contributed by atoms with Crippen LogP contribution in [-0.2, 0) is 0 Å². The number of carbonyl (C=O) groups excluding carboxylic acids is 1. The molecule has 1 aromatic carbocycles. The summed E-state index contributed by atoms with van der Waals surface area (Å²) in [5.74, 6) is 5.72. The Balaban J connectivity index is 2.62. The quantitative estimate of drug-likeness (QED) is 0.652. The summed E-state index contributed by atoms with van der Waals surface area (Å²) < 4.78 is 0. The summed E-state index contributed by atoms with van der Waals surface area (Å²) in [5, 5.41) is 13.7. The molecule has 0 spiro atoms. The van der Waals surface area contributed by atoms with Crippen molar-refractivity contribution in [1.82, 2.24) is 5.32 Å². The normalized spacial score (nSPS) is 8.88. The largest absolute Gasteiger partial charge is 0.395 e. The predicted molar refractivity (Wildman–Crippen MR) is 63.1 cm³/mol. The van der Waals surface area contributed by atoms with Crippen LogP contribution < -0.4 is 10.6 Å². The second kappa shape index (κ2) is 6.49. The third kappa shape index (κ3) is 4.03. The van der Waals surface area contributed by atoms with Crippen LogP contribution in [0.25, 0.3) is 0 Å². The van der Waals surface area contributed by atoms with E-state index in [0.717, 1.165) is 5.56 Å². The minimum absolute atomic E-state index is 0.0727. The molecule has 0 fully saturated rings. The lowest BCUT2D eigenvalue weighted by Crippen LogP contribution is -2.24. The SMILES string of the molecule is CNC(=O)Nc1ccc(C#CCCO)cc1. The molecule has 1 rings (SSSR count). The van der Waals surface area contributed by atoms with E-state index in [9.17, 15) is 4.79 Å². The van der Waals surface area contributed by atoms with Crippen LogP contribution in [0.2, 0.25) is 0 Å². The average Bonchev–Trinajstić information content (AvgIpc) is 2.31. The predicted octanol–water partition coefficient (Wildman–Crippen LogP) is 1.17. The van der Waals surface area contributed by atoms with Gasteiger partial charge in [-0.25, -0.2) is 4.79 Å². The lowest BCUT2D eigenvalue weighted by molar-refractivity contribution is 0.254. The Labute approximate surface area is 94.7 Å². The number of hydrogen-bond donors (Lipinski definition) is 3. The molecule has 0 aliphatic rings. The molecule has 84 valence electrons. The Kier molecular flexibility index (Phi) is 4.90. The van der Waals surface area contributed by atoms with Crippen LogP contribution in [0.15, 0.2) is 24.3 Å². The molecule has 0 saturated heterocycles. The van der Waals surface area contributed by atoms with E-state index in [4.69, 9.17) is 5.11 Å². The fraction of sp³-hybridized carbons (Fsp3) is 0.250. The van der Waals surface area contributed by atoms with Crippen LogP contribution in [0.4, 0.5) is 10.5 Å². The molecule has 0 atom stereocenters. The number of benzene rings is 1. The van der Waals surface area contributed by atoms with E-state index in [-0.39, 0.29) is 12.6 Å². The van der Waals surface area contributed by atoms with Gasteiger partial charge in [0.05, 0.1) is 6.61 Å². The molecule has 0 heterocycles. The van der Waals surface area contributed by atoms with Crippen molar-refractivity contribution in [3.05, 3.63) is 29.8 Å². The van der Waals surface area contributed by atoms with Gasteiger partial charge in [0, 0.05) is 24.7 Å². The van der Waals surface area contributed by atoms with Crippen molar-refractivity contribution < 1.29 is 9.90 Å². The summed E-state index contributed by atoms with van der Waals surface area (Å²) in [5.41, 5.74) is 1.57. The van der Waals surface area contributed by atoms with E-state index in [1.807, 2.05) is 12.1 Å². The molecular weight excluding hydrogens is 204 g/mol. The van der Waals surface area contributed by atoms with Crippen LogP contribution in [0.5, 0.6) is 0 Å². The summed E-state index contributed by atoms with van der Waals surface area (Å²) in [6, 6.07) is 6.93. The molecule has 1 aromatic rings. The number of nitrogens with one attached hydrogen (secondary N) is 2. The Bertz CT molecular complexity index is 401. The monoisotopic (exact) mass is 218 g/mol. The molecule has 4 heteroatoms. The fourth-order valence-corrected chi connectivity index (χ4v) is 1.05. The maximum absolute atomic E-state index is 11.0. The first-order valence-corrected chi connectivity index (χ1v) is 4.95. The second-order valence-electron chi connectivity index (χ2n) is 3.06. The van der Waals surface area contributed by atoms with Crippen LogP contribution in [0.1, 0.15) is 12.0 Å². The number of amides is 2. The standard InChI is InChI=1S/C12H14N2O2/c1-13-12(16)14-11-7-5-10(6-8-11)4-2-3-9-15/h5-8,15H,3,9H2,1H3,(H2,13,14,16). The molecular formula is C12H14N2O2. The van der Waals surface area contributed by atoms with Gasteiger partial charge in [-0.2, -0.15) is 0 Å². The number of aliphatic hydroxyl groups excluding tert-OH is 1. The molecule has 0 aliphatic heterocycles. The first-order chi connectivity index (χ1) is 7.76. The highest BCUT2D eigenvalue weighted by Gasteiger charge is 1.96. The highest BCUT2D eigenvalue weighted by molar-refractivity contribution is 5.88. The maximum atomic E-state index is 11.0. The van der Waals surface area contributed by atoms with Gasteiger partial charge < -0.3 is 15.7 Å². The van der Waals surface area contributed by atoms with Crippen molar-refractivity contribution in [2.45, 2.75) is 6.42 Å². The first-order valence-electron chi connectivity index (χ1n) is 4.95. The molecule has 0 unspecified atom stereocenters. The number of anilines is 1. The zero-order valence-electron chi connectivity index (χ0n) is 9.08. The summed E-state index contributed by atoms with van der Waals surface area (Å²) >= 11 is 0. The Morgan fingerprint density at radius 3 is 2.62 bits per heavy atom. The highest BCUT2D eigenvalue weighted by Crippen LogP contribution is 2.08. The molecule has 0 saturated carbocycles. The molecule has 4 nitrogen and oxygen atoms in total. The van der Waals surface area contributed by atoms with Gasteiger partial charge in [0.2, 0.25) is 0 Å². The van der Waals surface area contributed by atoms with Gasteiger partial charge in [-0.3, -0.25) is 0 Å². The number of hydrogen-bond acceptors (Lipinski definition) is 2. The van der Waals surface area contributed by atoms with Gasteiger partial charge in [-0.05, 0) is 24.3 Å². The third-order valence-electron chi connectivity index (χ3n) is 1.84.